The maximum atomic E-state index is 11.4. The van der Waals surface area contributed by atoms with Crippen LogP contribution in [0.2, 0.25) is 0 Å². The quantitative estimate of drug-likeness (QED) is 0.652. The summed E-state index contributed by atoms with van der Waals surface area (Å²) in [5, 5.41) is 19.8. The molecule has 0 saturated carbocycles. The second-order valence-electron chi connectivity index (χ2n) is 4.71. The first-order valence-electron chi connectivity index (χ1n) is 5.22. The van der Waals surface area contributed by atoms with Crippen LogP contribution in [0.15, 0.2) is 0 Å². The molecule has 2 fully saturated rings. The Morgan fingerprint density at radius 2 is 2.20 bits per heavy atom. The third kappa shape index (κ3) is 1.46. The molecule has 0 aromatic rings. The van der Waals surface area contributed by atoms with E-state index in [4.69, 9.17) is 4.74 Å². The average molecular weight is 215 g/mol. The largest absolute Gasteiger partial charge is 0.481 e. The molecule has 15 heavy (non-hydrogen) atoms. The fourth-order valence-corrected chi connectivity index (χ4v) is 2.67. The predicted molar refractivity (Wildman–Crippen MR) is 52.6 cm³/mol. The third-order valence-electron chi connectivity index (χ3n) is 3.76. The van der Waals surface area contributed by atoms with E-state index < -0.39 is 17.0 Å². The van der Waals surface area contributed by atoms with Crippen molar-refractivity contribution in [3.63, 3.8) is 0 Å². The van der Waals surface area contributed by atoms with Crippen LogP contribution in [0, 0.1) is 5.41 Å². The number of β-amino-alcohol motifs (C(OH)–C–C–N with tert-alkyl or cyclic N) is 1. The summed E-state index contributed by atoms with van der Waals surface area (Å²) in [5.41, 5.74) is -2.23. The Morgan fingerprint density at radius 3 is 2.60 bits per heavy atom. The SMILES string of the molecule is CN1CCC(O)(C2(C(=O)O)CCOC2)C1. The van der Waals surface area contributed by atoms with Crippen molar-refractivity contribution in [1.29, 1.82) is 0 Å². The number of hydrogen-bond donors (Lipinski definition) is 2. The van der Waals surface area contributed by atoms with E-state index in [1.54, 1.807) is 0 Å². The Labute approximate surface area is 88.6 Å². The Morgan fingerprint density at radius 1 is 1.47 bits per heavy atom. The number of likely N-dealkylation sites (N-methyl/N-ethyl adjacent to an activating group) is 1. The van der Waals surface area contributed by atoms with Gasteiger partial charge in [0, 0.05) is 19.7 Å². The van der Waals surface area contributed by atoms with Crippen molar-refractivity contribution in [2.45, 2.75) is 18.4 Å². The third-order valence-corrected chi connectivity index (χ3v) is 3.76. The van der Waals surface area contributed by atoms with Gasteiger partial charge < -0.3 is 19.8 Å². The lowest BCUT2D eigenvalue weighted by molar-refractivity contribution is -0.168. The summed E-state index contributed by atoms with van der Waals surface area (Å²) in [6.07, 6.45) is 0.922. The van der Waals surface area contributed by atoms with E-state index in [9.17, 15) is 15.0 Å². The molecule has 0 aromatic heterocycles. The van der Waals surface area contributed by atoms with Gasteiger partial charge in [0.05, 0.1) is 12.2 Å². The molecule has 2 rings (SSSR count). The molecular formula is C10H17NO4. The lowest BCUT2D eigenvalue weighted by Gasteiger charge is -2.37. The molecule has 5 heteroatoms. The first-order valence-corrected chi connectivity index (χ1v) is 5.22. The number of carboxylic acid groups (broad SMARTS) is 1. The van der Waals surface area contributed by atoms with Crippen LogP contribution in [0.4, 0.5) is 0 Å². The van der Waals surface area contributed by atoms with E-state index in [1.807, 2.05) is 11.9 Å². The zero-order valence-electron chi connectivity index (χ0n) is 8.90. The molecular weight excluding hydrogens is 198 g/mol. The molecule has 2 N–H and O–H groups in total. The molecule has 2 atom stereocenters. The number of carbonyl (C=O) groups is 1. The first kappa shape index (κ1) is 10.9. The highest BCUT2D eigenvalue weighted by Gasteiger charge is 2.60. The number of nitrogens with zero attached hydrogens (tertiary/aromatic N) is 1. The molecule has 2 saturated heterocycles. The van der Waals surface area contributed by atoms with Gasteiger partial charge in [-0.3, -0.25) is 4.79 Å². The van der Waals surface area contributed by atoms with E-state index >= 15 is 0 Å². The predicted octanol–water partition coefficient (Wildman–Crippen LogP) is -0.456. The fourth-order valence-electron chi connectivity index (χ4n) is 2.67. The van der Waals surface area contributed by atoms with Crippen LogP contribution in [0.1, 0.15) is 12.8 Å². The fraction of sp³-hybridized carbons (Fsp3) is 0.900. The molecule has 2 heterocycles. The molecule has 5 nitrogen and oxygen atoms in total. The number of carboxylic acids is 1. The van der Waals surface area contributed by atoms with Crippen LogP contribution in [0.5, 0.6) is 0 Å². The standard InChI is InChI=1S/C10H17NO4/c1-11-4-2-10(14,6-11)9(8(12)13)3-5-15-7-9/h14H,2-7H2,1H3,(H,12,13). The second-order valence-corrected chi connectivity index (χ2v) is 4.71. The van der Waals surface area contributed by atoms with E-state index in [2.05, 4.69) is 0 Å². The van der Waals surface area contributed by atoms with E-state index in [-0.39, 0.29) is 6.61 Å². The normalized spacial score (nSPS) is 42.3. The minimum Gasteiger partial charge on any atom is -0.481 e. The van der Waals surface area contributed by atoms with Crippen molar-refractivity contribution in [2.24, 2.45) is 5.41 Å². The highest BCUT2D eigenvalue weighted by atomic mass is 16.5. The van der Waals surface area contributed by atoms with Gasteiger partial charge in [0.25, 0.3) is 0 Å². The van der Waals surface area contributed by atoms with Crippen LogP contribution < -0.4 is 0 Å². The number of rotatable bonds is 2. The average Bonchev–Trinajstić information content (AvgIpc) is 2.74. The van der Waals surface area contributed by atoms with Crippen LogP contribution in [0.25, 0.3) is 0 Å². The van der Waals surface area contributed by atoms with Crippen molar-refractivity contribution in [3.05, 3.63) is 0 Å². The summed E-state index contributed by atoms with van der Waals surface area (Å²) in [6.45, 7) is 1.72. The molecule has 2 unspecified atom stereocenters. The van der Waals surface area contributed by atoms with Gasteiger partial charge in [-0.1, -0.05) is 0 Å². The van der Waals surface area contributed by atoms with E-state index in [1.165, 1.54) is 0 Å². The number of ether oxygens (including phenoxy) is 1. The summed E-state index contributed by atoms with van der Waals surface area (Å²) < 4.78 is 5.18. The lowest BCUT2D eigenvalue weighted by atomic mass is 9.70. The number of aliphatic hydroxyl groups is 1. The van der Waals surface area contributed by atoms with Crippen LogP contribution >= 0.6 is 0 Å². The molecule has 2 aliphatic rings. The summed E-state index contributed by atoms with van der Waals surface area (Å²) in [5.74, 6) is -0.933. The summed E-state index contributed by atoms with van der Waals surface area (Å²) in [7, 11) is 1.89. The Bertz CT molecular complexity index is 275. The maximum absolute atomic E-state index is 11.4. The monoisotopic (exact) mass is 215 g/mol. The minimum atomic E-state index is -1.13. The van der Waals surface area contributed by atoms with E-state index in [0.717, 1.165) is 6.54 Å². The Hall–Kier alpha value is -0.650. The van der Waals surface area contributed by atoms with Gasteiger partial charge in [-0.25, -0.2) is 0 Å². The van der Waals surface area contributed by atoms with Gasteiger partial charge in [0.2, 0.25) is 0 Å². The van der Waals surface area contributed by atoms with Gasteiger partial charge in [-0.15, -0.1) is 0 Å². The van der Waals surface area contributed by atoms with Gasteiger partial charge in [0.1, 0.15) is 5.41 Å². The molecule has 0 bridgehead atoms. The molecule has 0 aliphatic carbocycles. The van der Waals surface area contributed by atoms with Crippen molar-refractivity contribution in [2.75, 3.05) is 33.4 Å². The topological polar surface area (TPSA) is 70.0 Å². The van der Waals surface area contributed by atoms with Crippen molar-refractivity contribution in [3.8, 4) is 0 Å². The summed E-state index contributed by atoms with van der Waals surface area (Å²) in [4.78, 5) is 13.3. The summed E-state index contributed by atoms with van der Waals surface area (Å²) in [6, 6.07) is 0. The number of hydrogen-bond acceptors (Lipinski definition) is 4. The van der Waals surface area contributed by atoms with Crippen molar-refractivity contribution in [1.82, 2.24) is 4.90 Å². The Balaban J connectivity index is 2.29. The lowest BCUT2D eigenvalue weighted by Crippen LogP contribution is -2.55. The molecule has 0 radical (unpaired) electrons. The molecule has 2 aliphatic heterocycles. The number of aliphatic carboxylic acids is 1. The molecule has 0 spiro atoms. The maximum Gasteiger partial charge on any atom is 0.315 e. The van der Waals surface area contributed by atoms with Gasteiger partial charge >= 0.3 is 5.97 Å². The second kappa shape index (κ2) is 3.43. The molecule has 0 aromatic carbocycles. The van der Waals surface area contributed by atoms with Crippen LogP contribution in [0.3, 0.4) is 0 Å². The van der Waals surface area contributed by atoms with Crippen LogP contribution in [-0.2, 0) is 9.53 Å². The zero-order chi connectivity index (χ0) is 11.1. The minimum absolute atomic E-state index is 0.132. The number of likely N-dealkylation sites (tertiary alicyclic amines) is 1. The van der Waals surface area contributed by atoms with Crippen LogP contribution in [-0.4, -0.2) is 60.0 Å². The molecule has 86 valence electrons. The molecule has 0 amide bonds. The van der Waals surface area contributed by atoms with Gasteiger partial charge in [-0.05, 0) is 19.9 Å². The highest BCUT2D eigenvalue weighted by Crippen LogP contribution is 2.44. The smallest absolute Gasteiger partial charge is 0.315 e. The summed E-state index contributed by atoms with van der Waals surface area (Å²) >= 11 is 0. The highest BCUT2D eigenvalue weighted by molar-refractivity contribution is 5.77. The Kier molecular flexibility index (Phi) is 2.48. The van der Waals surface area contributed by atoms with Gasteiger partial charge in [-0.2, -0.15) is 0 Å². The van der Waals surface area contributed by atoms with Crippen molar-refractivity contribution < 1.29 is 19.7 Å². The van der Waals surface area contributed by atoms with Gasteiger partial charge in [0.15, 0.2) is 0 Å². The zero-order valence-corrected chi connectivity index (χ0v) is 8.90. The van der Waals surface area contributed by atoms with E-state index in [0.29, 0.717) is 26.0 Å². The first-order chi connectivity index (χ1) is 7.00. The van der Waals surface area contributed by atoms with Crippen molar-refractivity contribution >= 4 is 5.97 Å².